The number of anilines is 2. The predicted octanol–water partition coefficient (Wildman–Crippen LogP) is 6.97. The molecule has 4 aromatic rings. The summed E-state index contributed by atoms with van der Waals surface area (Å²) in [6.45, 7) is 11.9. The number of carbonyl (C=O) groups is 3. The number of hydrogen-bond donors (Lipinski definition) is 2. The molecule has 0 aliphatic carbocycles. The number of benzene rings is 3. The number of halogens is 1. The van der Waals surface area contributed by atoms with Crippen molar-refractivity contribution in [2.75, 3.05) is 17.2 Å². The van der Waals surface area contributed by atoms with Gasteiger partial charge in [-0.3, -0.25) is 14.4 Å². The van der Waals surface area contributed by atoms with E-state index >= 15 is 0 Å². The molecule has 1 unspecified atom stereocenters. The summed E-state index contributed by atoms with van der Waals surface area (Å²) < 4.78 is 5.82. The Hall–Kier alpha value is -4.57. The van der Waals surface area contributed by atoms with Crippen LogP contribution in [0.3, 0.4) is 0 Å². The molecular weight excluding hydrogens is 604 g/mol. The van der Waals surface area contributed by atoms with Crippen molar-refractivity contribution >= 4 is 40.6 Å². The molecule has 2 N–H and O–H groups in total. The second-order valence-electron chi connectivity index (χ2n) is 12.8. The maximum Gasteiger partial charge on any atom is 0.292 e. The number of rotatable bonds is 13. The molecule has 1 aromatic heterocycles. The summed E-state index contributed by atoms with van der Waals surface area (Å²) in [7, 11) is 0. The van der Waals surface area contributed by atoms with Crippen molar-refractivity contribution in [2.45, 2.75) is 71.2 Å². The highest BCUT2D eigenvalue weighted by Gasteiger charge is 2.52. The third-order valence-corrected chi connectivity index (χ3v) is 8.24. The fraction of sp³-hybridized carbons (Fsp3) is 0.371. The van der Waals surface area contributed by atoms with Gasteiger partial charge in [-0.25, -0.2) is 0 Å². The van der Waals surface area contributed by atoms with Crippen LogP contribution in [0, 0.1) is 5.41 Å². The summed E-state index contributed by atoms with van der Waals surface area (Å²) in [4.78, 5) is 38.4. The molecule has 0 aliphatic heterocycles. The molecule has 1 atom stereocenters. The smallest absolute Gasteiger partial charge is 0.292 e. The lowest BCUT2D eigenvalue weighted by molar-refractivity contribution is -0.139. The van der Waals surface area contributed by atoms with Gasteiger partial charge >= 0.3 is 0 Å². The molecule has 0 fully saturated rings. The quantitative estimate of drug-likeness (QED) is 0.0914. The molecule has 242 valence electrons. The molecule has 0 bridgehead atoms. The molecule has 0 spiro atoms. The fourth-order valence-electron chi connectivity index (χ4n) is 4.57. The second kappa shape index (κ2) is 14.2. The lowest BCUT2D eigenvalue weighted by Crippen LogP contribution is -2.52. The van der Waals surface area contributed by atoms with Gasteiger partial charge < -0.3 is 15.4 Å². The zero-order valence-corrected chi connectivity index (χ0v) is 27.9. The Morgan fingerprint density at radius 1 is 0.870 bits per heavy atom. The van der Waals surface area contributed by atoms with Gasteiger partial charge in [0.15, 0.2) is 5.78 Å². The maximum absolute atomic E-state index is 13.7. The van der Waals surface area contributed by atoms with Crippen molar-refractivity contribution in [1.82, 2.24) is 20.2 Å². The van der Waals surface area contributed by atoms with E-state index in [1.165, 1.54) is 5.56 Å². The van der Waals surface area contributed by atoms with Gasteiger partial charge in [0.25, 0.3) is 10.9 Å². The molecule has 0 saturated heterocycles. The molecular formula is C35H41ClN6O4. The predicted molar refractivity (Wildman–Crippen MR) is 180 cm³/mol. The molecule has 0 aliphatic rings. The van der Waals surface area contributed by atoms with E-state index in [1.54, 1.807) is 57.2 Å². The van der Waals surface area contributed by atoms with Gasteiger partial charge in [-0.1, -0.05) is 102 Å². The summed E-state index contributed by atoms with van der Waals surface area (Å²) in [6, 6.07) is 23.7. The lowest BCUT2D eigenvalue weighted by atomic mass is 9.82. The Kier molecular flexibility index (Phi) is 10.6. The topological polar surface area (TPSA) is 128 Å². The molecule has 3 aromatic carbocycles. The summed E-state index contributed by atoms with van der Waals surface area (Å²) >= 11 is 6.83. The molecule has 1 heterocycles. The van der Waals surface area contributed by atoms with Crippen molar-refractivity contribution in [2.24, 2.45) is 5.41 Å². The summed E-state index contributed by atoms with van der Waals surface area (Å²) in [5.74, 6) is -0.718. The van der Waals surface area contributed by atoms with Crippen LogP contribution in [0.25, 0.3) is 11.4 Å². The van der Waals surface area contributed by atoms with Crippen LogP contribution in [0.2, 0.25) is 0 Å². The number of hydrogen-bond acceptors (Lipinski definition) is 7. The highest BCUT2D eigenvalue weighted by Crippen LogP contribution is 2.34. The number of Topliss-reactive ketones (excluding diaryl/α,β-unsaturated/α-hetero) is 1. The average molecular weight is 645 g/mol. The second-order valence-corrected chi connectivity index (χ2v) is 13.3. The van der Waals surface area contributed by atoms with E-state index in [1.807, 2.05) is 30.3 Å². The van der Waals surface area contributed by atoms with Gasteiger partial charge in [-0.15, -0.1) is 15.0 Å². The van der Waals surface area contributed by atoms with Gasteiger partial charge in [0.05, 0.1) is 6.61 Å². The Morgan fingerprint density at radius 2 is 1.52 bits per heavy atom. The molecule has 10 nitrogen and oxygen atoms in total. The largest absolute Gasteiger partial charge is 0.494 e. The number of carbonyl (C=O) groups excluding carboxylic acids is 3. The number of tetrazole rings is 1. The number of nitrogens with one attached hydrogen (secondary N) is 2. The number of amides is 2. The SMILES string of the molecule is CCC(C)(C)c1ccc(OCCCC(=O)Nc2cccc(NC(=O)C(Cl)(C(=O)C(C)(C)C)n3nnc(-c4ccccc4)n3)c2)cc1. The first-order valence-corrected chi connectivity index (χ1v) is 15.7. The van der Waals surface area contributed by atoms with E-state index in [-0.39, 0.29) is 23.6 Å². The molecule has 11 heteroatoms. The summed E-state index contributed by atoms with van der Waals surface area (Å²) in [5.41, 5.74) is 1.77. The van der Waals surface area contributed by atoms with E-state index in [0.29, 0.717) is 30.0 Å². The first-order valence-electron chi connectivity index (χ1n) is 15.3. The van der Waals surface area contributed by atoms with Crippen molar-refractivity contribution in [1.29, 1.82) is 0 Å². The normalized spacial score (nSPS) is 13.0. The summed E-state index contributed by atoms with van der Waals surface area (Å²) in [5, 5.41) is 17.8. The van der Waals surface area contributed by atoms with Gasteiger partial charge in [0.2, 0.25) is 11.7 Å². The van der Waals surface area contributed by atoms with Crippen molar-refractivity contribution < 1.29 is 19.1 Å². The summed E-state index contributed by atoms with van der Waals surface area (Å²) in [6.07, 6.45) is 1.80. The average Bonchev–Trinajstić information content (AvgIpc) is 3.54. The number of nitrogens with zero attached hydrogens (tertiary/aromatic N) is 4. The van der Waals surface area contributed by atoms with E-state index in [0.717, 1.165) is 17.0 Å². The van der Waals surface area contributed by atoms with E-state index in [2.05, 4.69) is 58.9 Å². The molecule has 2 amide bonds. The third-order valence-electron chi connectivity index (χ3n) is 7.74. The molecule has 0 saturated carbocycles. The van der Waals surface area contributed by atoms with Gasteiger partial charge in [0, 0.05) is 28.8 Å². The molecule has 46 heavy (non-hydrogen) atoms. The van der Waals surface area contributed by atoms with Crippen LogP contribution in [0.4, 0.5) is 11.4 Å². The van der Waals surface area contributed by atoms with Crippen LogP contribution in [-0.4, -0.2) is 44.4 Å². The maximum atomic E-state index is 13.7. The number of ketones is 1. The van der Waals surface area contributed by atoms with E-state index < -0.39 is 22.1 Å². The minimum atomic E-state index is -2.33. The van der Waals surface area contributed by atoms with Crippen LogP contribution < -0.4 is 15.4 Å². The highest BCUT2D eigenvalue weighted by molar-refractivity contribution is 6.45. The standard InChI is InChI=1S/C35H41ClN6O4/c1-7-34(5,6)25-18-20-28(21-19-25)46-22-12-17-29(43)37-26-15-11-16-27(23-26)38-32(45)35(36,31(44)33(2,3)4)42-40-30(39-41-42)24-13-9-8-10-14-24/h8-11,13-16,18-21,23H,7,12,17,22H2,1-6H3,(H,37,43)(H,38,45). The van der Waals surface area contributed by atoms with Crippen molar-refractivity contribution in [3.8, 4) is 17.1 Å². The zero-order chi connectivity index (χ0) is 33.5. The Balaban J connectivity index is 1.38. The van der Waals surface area contributed by atoms with Gasteiger partial charge in [0.1, 0.15) is 5.75 Å². The third kappa shape index (κ3) is 8.17. The molecule has 4 rings (SSSR count). The number of alkyl halides is 1. The first kappa shape index (κ1) is 34.3. The van der Waals surface area contributed by atoms with Crippen molar-refractivity contribution in [3.05, 3.63) is 84.4 Å². The minimum Gasteiger partial charge on any atom is -0.494 e. The van der Waals surface area contributed by atoms with Crippen LogP contribution >= 0.6 is 11.6 Å². The van der Waals surface area contributed by atoms with E-state index in [9.17, 15) is 14.4 Å². The number of aromatic nitrogens is 4. The van der Waals surface area contributed by atoms with Crippen LogP contribution in [0.1, 0.15) is 66.4 Å². The highest BCUT2D eigenvalue weighted by atomic mass is 35.5. The minimum absolute atomic E-state index is 0.106. The Bertz CT molecular complexity index is 1660. The lowest BCUT2D eigenvalue weighted by Gasteiger charge is -2.29. The zero-order valence-electron chi connectivity index (χ0n) is 27.1. The monoisotopic (exact) mass is 644 g/mol. The number of ether oxygens (including phenoxy) is 1. The Morgan fingerprint density at radius 3 is 2.15 bits per heavy atom. The van der Waals surface area contributed by atoms with Gasteiger partial charge in [-0.2, -0.15) is 0 Å². The first-order chi connectivity index (χ1) is 21.7. The van der Waals surface area contributed by atoms with Crippen LogP contribution in [0.5, 0.6) is 5.75 Å². The van der Waals surface area contributed by atoms with E-state index in [4.69, 9.17) is 16.3 Å². The van der Waals surface area contributed by atoms with Crippen LogP contribution in [0.15, 0.2) is 78.9 Å². The van der Waals surface area contributed by atoms with Gasteiger partial charge in [-0.05, 0) is 59.4 Å². The molecule has 0 radical (unpaired) electrons. The van der Waals surface area contributed by atoms with Crippen LogP contribution in [-0.2, 0) is 24.8 Å². The Labute approximate surface area is 274 Å². The van der Waals surface area contributed by atoms with Crippen molar-refractivity contribution in [3.63, 3.8) is 0 Å². The fourth-order valence-corrected chi connectivity index (χ4v) is 4.97.